The SMILES string of the molecule is O=C1NCc2ccccc2C12CCCC2. The highest BCUT2D eigenvalue weighted by Gasteiger charge is 2.45. The molecular weight excluding hydrogens is 186 g/mol. The van der Waals surface area contributed by atoms with Gasteiger partial charge in [0.15, 0.2) is 0 Å². The molecule has 1 saturated carbocycles. The van der Waals surface area contributed by atoms with Crippen LogP contribution in [0.3, 0.4) is 0 Å². The first-order chi connectivity index (χ1) is 7.33. The van der Waals surface area contributed by atoms with Gasteiger partial charge in [0.05, 0.1) is 5.41 Å². The van der Waals surface area contributed by atoms with E-state index >= 15 is 0 Å². The number of amides is 1. The second-order valence-corrected chi connectivity index (χ2v) is 4.63. The molecule has 1 fully saturated rings. The zero-order chi connectivity index (χ0) is 10.3. The molecule has 78 valence electrons. The van der Waals surface area contributed by atoms with E-state index in [1.54, 1.807) is 0 Å². The molecule has 2 aliphatic rings. The van der Waals surface area contributed by atoms with Crippen molar-refractivity contribution in [3.8, 4) is 0 Å². The summed E-state index contributed by atoms with van der Waals surface area (Å²) in [5.41, 5.74) is 2.40. The first-order valence-corrected chi connectivity index (χ1v) is 5.70. The maximum Gasteiger partial charge on any atom is 0.230 e. The number of hydrogen-bond acceptors (Lipinski definition) is 1. The van der Waals surface area contributed by atoms with Crippen LogP contribution in [0.25, 0.3) is 0 Å². The molecule has 1 aliphatic heterocycles. The molecule has 0 saturated heterocycles. The third-order valence-electron chi connectivity index (χ3n) is 3.86. The van der Waals surface area contributed by atoms with Gasteiger partial charge in [-0.05, 0) is 24.0 Å². The number of hydrogen-bond donors (Lipinski definition) is 1. The molecular formula is C13H15NO. The van der Waals surface area contributed by atoms with E-state index in [9.17, 15) is 4.79 Å². The number of carbonyl (C=O) groups excluding carboxylic acids is 1. The molecule has 1 aromatic rings. The third kappa shape index (κ3) is 1.14. The van der Waals surface area contributed by atoms with Crippen LogP contribution in [0.2, 0.25) is 0 Å². The Morgan fingerprint density at radius 3 is 2.67 bits per heavy atom. The van der Waals surface area contributed by atoms with E-state index < -0.39 is 0 Å². The lowest BCUT2D eigenvalue weighted by atomic mass is 9.74. The molecule has 1 spiro atoms. The van der Waals surface area contributed by atoms with E-state index in [1.807, 2.05) is 0 Å². The third-order valence-corrected chi connectivity index (χ3v) is 3.86. The lowest BCUT2D eigenvalue weighted by Gasteiger charge is -2.34. The van der Waals surface area contributed by atoms with Crippen molar-refractivity contribution in [2.75, 3.05) is 0 Å². The summed E-state index contributed by atoms with van der Waals surface area (Å²) in [7, 11) is 0. The molecule has 3 rings (SSSR count). The van der Waals surface area contributed by atoms with Crippen LogP contribution in [-0.4, -0.2) is 5.91 Å². The van der Waals surface area contributed by atoms with Gasteiger partial charge >= 0.3 is 0 Å². The number of carbonyl (C=O) groups is 1. The van der Waals surface area contributed by atoms with Gasteiger partial charge in [-0.15, -0.1) is 0 Å². The van der Waals surface area contributed by atoms with E-state index in [2.05, 4.69) is 29.6 Å². The van der Waals surface area contributed by atoms with Crippen molar-refractivity contribution >= 4 is 5.91 Å². The molecule has 2 nitrogen and oxygen atoms in total. The summed E-state index contributed by atoms with van der Waals surface area (Å²) in [6, 6.07) is 8.38. The fraction of sp³-hybridized carbons (Fsp3) is 0.462. The van der Waals surface area contributed by atoms with Crippen LogP contribution in [0.1, 0.15) is 36.8 Å². The Hall–Kier alpha value is -1.31. The minimum atomic E-state index is -0.186. The average molecular weight is 201 g/mol. The lowest BCUT2D eigenvalue weighted by Crippen LogP contribution is -2.46. The van der Waals surface area contributed by atoms with Crippen molar-refractivity contribution < 1.29 is 4.79 Å². The Morgan fingerprint density at radius 2 is 1.87 bits per heavy atom. The van der Waals surface area contributed by atoms with Gasteiger partial charge in [-0.1, -0.05) is 37.1 Å². The van der Waals surface area contributed by atoms with E-state index in [-0.39, 0.29) is 11.3 Å². The summed E-state index contributed by atoms with van der Waals surface area (Å²) in [4.78, 5) is 12.1. The number of benzene rings is 1. The van der Waals surface area contributed by atoms with Crippen LogP contribution in [0.4, 0.5) is 0 Å². The zero-order valence-corrected chi connectivity index (χ0v) is 8.75. The Labute approximate surface area is 89.7 Å². The summed E-state index contributed by atoms with van der Waals surface area (Å²) >= 11 is 0. The Morgan fingerprint density at radius 1 is 1.13 bits per heavy atom. The first kappa shape index (κ1) is 8.96. The van der Waals surface area contributed by atoms with Crippen LogP contribution in [-0.2, 0) is 16.8 Å². The molecule has 1 amide bonds. The molecule has 0 radical (unpaired) electrons. The van der Waals surface area contributed by atoms with Gasteiger partial charge in [0, 0.05) is 6.54 Å². The van der Waals surface area contributed by atoms with Crippen LogP contribution >= 0.6 is 0 Å². The molecule has 1 N–H and O–H groups in total. The highest BCUT2D eigenvalue weighted by molar-refractivity contribution is 5.90. The van der Waals surface area contributed by atoms with Crippen LogP contribution in [0.15, 0.2) is 24.3 Å². The number of fused-ring (bicyclic) bond motifs is 2. The second-order valence-electron chi connectivity index (χ2n) is 4.63. The predicted molar refractivity (Wildman–Crippen MR) is 58.4 cm³/mol. The molecule has 0 bridgehead atoms. The maximum absolute atomic E-state index is 12.1. The van der Waals surface area contributed by atoms with Crippen LogP contribution in [0, 0.1) is 0 Å². The molecule has 1 aromatic carbocycles. The second kappa shape index (κ2) is 3.09. The first-order valence-electron chi connectivity index (χ1n) is 5.70. The Bertz CT molecular complexity index is 405. The van der Waals surface area contributed by atoms with Gasteiger partial charge in [0.25, 0.3) is 0 Å². The van der Waals surface area contributed by atoms with Crippen molar-refractivity contribution in [1.29, 1.82) is 0 Å². The summed E-state index contributed by atoms with van der Waals surface area (Å²) < 4.78 is 0. The maximum atomic E-state index is 12.1. The predicted octanol–water partition coefficient (Wildman–Crippen LogP) is 2.13. The Balaban J connectivity index is 2.17. The summed E-state index contributed by atoms with van der Waals surface area (Å²) in [6.45, 7) is 0.705. The molecule has 1 heterocycles. The van der Waals surface area contributed by atoms with Crippen molar-refractivity contribution in [2.45, 2.75) is 37.6 Å². The Kier molecular flexibility index (Phi) is 1.84. The van der Waals surface area contributed by atoms with Crippen molar-refractivity contribution in [2.24, 2.45) is 0 Å². The highest BCUT2D eigenvalue weighted by Crippen LogP contribution is 2.44. The van der Waals surface area contributed by atoms with Gasteiger partial charge in [0.1, 0.15) is 0 Å². The fourth-order valence-corrected chi connectivity index (χ4v) is 3.08. The van der Waals surface area contributed by atoms with Gasteiger partial charge in [-0.25, -0.2) is 0 Å². The van der Waals surface area contributed by atoms with Gasteiger partial charge in [-0.3, -0.25) is 4.79 Å². The van der Waals surface area contributed by atoms with E-state index in [1.165, 1.54) is 24.0 Å². The monoisotopic (exact) mass is 201 g/mol. The summed E-state index contributed by atoms with van der Waals surface area (Å²) in [6.07, 6.45) is 4.41. The smallest absolute Gasteiger partial charge is 0.230 e. The summed E-state index contributed by atoms with van der Waals surface area (Å²) in [5, 5.41) is 3.03. The molecule has 2 heteroatoms. The van der Waals surface area contributed by atoms with Gasteiger partial charge in [-0.2, -0.15) is 0 Å². The summed E-state index contributed by atoms with van der Waals surface area (Å²) in [5.74, 6) is 0.249. The van der Waals surface area contributed by atoms with Crippen molar-refractivity contribution in [1.82, 2.24) is 5.32 Å². The normalized spacial score (nSPS) is 22.5. The molecule has 0 aromatic heterocycles. The van der Waals surface area contributed by atoms with Crippen molar-refractivity contribution in [3.63, 3.8) is 0 Å². The van der Waals surface area contributed by atoms with E-state index in [4.69, 9.17) is 0 Å². The number of nitrogens with one attached hydrogen (secondary N) is 1. The number of rotatable bonds is 0. The van der Waals surface area contributed by atoms with Crippen molar-refractivity contribution in [3.05, 3.63) is 35.4 Å². The minimum Gasteiger partial charge on any atom is -0.351 e. The van der Waals surface area contributed by atoms with Crippen LogP contribution < -0.4 is 5.32 Å². The van der Waals surface area contributed by atoms with Gasteiger partial charge < -0.3 is 5.32 Å². The quantitative estimate of drug-likeness (QED) is 0.684. The standard InChI is InChI=1S/C13H15NO/c15-12-13(7-3-4-8-13)11-6-2-1-5-10(11)9-14-12/h1-2,5-6H,3-4,7-9H2,(H,14,15). The van der Waals surface area contributed by atoms with Crippen LogP contribution in [0.5, 0.6) is 0 Å². The molecule has 1 aliphatic carbocycles. The topological polar surface area (TPSA) is 29.1 Å². The molecule has 0 atom stereocenters. The zero-order valence-electron chi connectivity index (χ0n) is 8.75. The molecule has 0 unspecified atom stereocenters. The van der Waals surface area contributed by atoms with Gasteiger partial charge in [0.2, 0.25) is 5.91 Å². The van der Waals surface area contributed by atoms with E-state index in [0.717, 1.165) is 12.8 Å². The largest absolute Gasteiger partial charge is 0.351 e. The average Bonchev–Trinajstić information content (AvgIpc) is 2.75. The fourth-order valence-electron chi connectivity index (χ4n) is 3.08. The minimum absolute atomic E-state index is 0.186. The lowest BCUT2D eigenvalue weighted by molar-refractivity contribution is -0.127. The van der Waals surface area contributed by atoms with E-state index in [0.29, 0.717) is 6.54 Å². The molecule has 15 heavy (non-hydrogen) atoms. The highest BCUT2D eigenvalue weighted by atomic mass is 16.2.